The second-order valence-corrected chi connectivity index (χ2v) is 1.65. The molecule has 0 spiro atoms. The summed E-state index contributed by atoms with van der Waals surface area (Å²) in [6.45, 7) is 1.46. The van der Waals surface area contributed by atoms with Crippen molar-refractivity contribution < 1.29 is 9.59 Å². The molecule has 0 fully saturated rings. The van der Waals surface area contributed by atoms with Crippen LogP contribution in [0.4, 0.5) is 0 Å². The van der Waals surface area contributed by atoms with Crippen LogP contribution in [-0.4, -0.2) is 24.8 Å². The lowest BCUT2D eigenvalue weighted by Gasteiger charge is -2.01. The van der Waals surface area contributed by atoms with Crippen molar-refractivity contribution in [3.05, 3.63) is 0 Å². The van der Waals surface area contributed by atoms with Gasteiger partial charge >= 0.3 is 0 Å². The molecule has 4 heteroatoms. The van der Waals surface area contributed by atoms with Gasteiger partial charge in [0.1, 0.15) is 0 Å². The van der Waals surface area contributed by atoms with Crippen molar-refractivity contribution in [2.24, 2.45) is 5.73 Å². The summed E-state index contributed by atoms with van der Waals surface area (Å²) in [5, 5.41) is 2.24. The minimum Gasteiger partial charge on any atom is -0.347 e. The Labute approximate surface area is 53.4 Å². The molecule has 1 amide bonds. The lowest BCUT2D eigenvalue weighted by molar-refractivity contribution is -0.121. The van der Waals surface area contributed by atoms with Gasteiger partial charge < -0.3 is 11.1 Å². The molecule has 0 aromatic carbocycles. The summed E-state index contributed by atoms with van der Waals surface area (Å²) >= 11 is 0. The van der Waals surface area contributed by atoms with E-state index >= 15 is 0 Å². The third kappa shape index (κ3) is 3.66. The average Bonchev–Trinajstić information content (AvgIpc) is 1.82. The van der Waals surface area contributed by atoms with Gasteiger partial charge in [-0.15, -0.1) is 0 Å². The summed E-state index contributed by atoms with van der Waals surface area (Å²) in [6, 6.07) is -0.557. The van der Waals surface area contributed by atoms with Crippen molar-refractivity contribution in [3.8, 4) is 0 Å². The van der Waals surface area contributed by atoms with Crippen LogP contribution in [0.3, 0.4) is 0 Å². The first-order valence-corrected chi connectivity index (χ1v) is 2.56. The molecule has 51 valence electrons. The molecule has 0 aliphatic carbocycles. The molecular weight excluding hydrogens is 120 g/mol. The average molecular weight is 129 g/mol. The number of carbonyl (C=O) groups is 1. The van der Waals surface area contributed by atoms with Crippen molar-refractivity contribution in [1.29, 1.82) is 0 Å². The monoisotopic (exact) mass is 129 g/mol. The fraction of sp³-hybridized carbons (Fsp3) is 0.600. The number of hydrogen-bond donors (Lipinski definition) is 2. The summed E-state index contributed by atoms with van der Waals surface area (Å²) < 4.78 is 0. The van der Waals surface area contributed by atoms with E-state index in [1.165, 1.54) is 6.29 Å². The van der Waals surface area contributed by atoms with E-state index in [1.807, 2.05) is 0 Å². The van der Waals surface area contributed by atoms with Gasteiger partial charge in [-0.25, -0.2) is 0 Å². The van der Waals surface area contributed by atoms with Crippen LogP contribution >= 0.6 is 0 Å². The number of hydrogen-bond acceptors (Lipinski definition) is 3. The normalized spacial score (nSPS) is 12.2. The van der Waals surface area contributed by atoms with Crippen LogP contribution in [0.2, 0.25) is 0 Å². The summed E-state index contributed by atoms with van der Waals surface area (Å²) in [7, 11) is 0. The summed E-state index contributed by atoms with van der Waals surface area (Å²) in [6.07, 6.45) is 1.52. The lowest BCUT2D eigenvalue weighted by atomic mass is 10.3. The molecule has 1 radical (unpaired) electrons. The smallest absolute Gasteiger partial charge is 0.237 e. The van der Waals surface area contributed by atoms with Crippen molar-refractivity contribution in [1.82, 2.24) is 5.32 Å². The largest absolute Gasteiger partial charge is 0.347 e. The zero-order chi connectivity index (χ0) is 7.28. The number of carbonyl (C=O) groups excluding carboxylic acids is 2. The molecule has 9 heavy (non-hydrogen) atoms. The maximum absolute atomic E-state index is 10.5. The molecule has 0 aliphatic rings. The third-order valence-corrected chi connectivity index (χ3v) is 0.748. The summed E-state index contributed by atoms with van der Waals surface area (Å²) in [5.74, 6) is -0.335. The van der Waals surface area contributed by atoms with Crippen molar-refractivity contribution in [2.45, 2.75) is 13.0 Å². The van der Waals surface area contributed by atoms with Crippen LogP contribution in [0.1, 0.15) is 6.92 Å². The summed E-state index contributed by atoms with van der Waals surface area (Å²) in [5.41, 5.74) is 5.13. The van der Waals surface area contributed by atoms with Crippen LogP contribution < -0.4 is 11.1 Å². The number of nitrogens with two attached hydrogens (primary N) is 1. The van der Waals surface area contributed by atoms with E-state index in [4.69, 9.17) is 5.73 Å². The predicted octanol–water partition coefficient (Wildman–Crippen LogP) is -1.44. The standard InChI is InChI=1S/C5H9N2O2/c1-4(6)5(9)7-2-3-8/h4H,2,6H2,1H3,(H,7,9)/t4-/m0/s1. The fourth-order valence-corrected chi connectivity index (χ4v) is 0.284. The second kappa shape index (κ2) is 4.03. The Hall–Kier alpha value is -0.900. The first-order valence-electron chi connectivity index (χ1n) is 2.56. The molecule has 1 atom stereocenters. The van der Waals surface area contributed by atoms with Gasteiger partial charge in [0.2, 0.25) is 12.2 Å². The van der Waals surface area contributed by atoms with Crippen molar-refractivity contribution in [2.75, 3.05) is 6.54 Å². The Morgan fingerprint density at radius 1 is 1.89 bits per heavy atom. The second-order valence-electron chi connectivity index (χ2n) is 1.65. The zero-order valence-electron chi connectivity index (χ0n) is 5.18. The number of amides is 1. The quantitative estimate of drug-likeness (QED) is 0.490. The molecule has 0 aromatic rings. The van der Waals surface area contributed by atoms with E-state index in [-0.39, 0.29) is 12.5 Å². The van der Waals surface area contributed by atoms with Crippen LogP contribution in [0.5, 0.6) is 0 Å². The molecule has 0 bridgehead atoms. The Morgan fingerprint density at radius 2 is 2.44 bits per heavy atom. The highest BCUT2D eigenvalue weighted by Crippen LogP contribution is 1.71. The highest BCUT2D eigenvalue weighted by molar-refractivity contribution is 5.82. The van der Waals surface area contributed by atoms with Gasteiger partial charge in [0.05, 0.1) is 12.6 Å². The third-order valence-electron chi connectivity index (χ3n) is 0.748. The van der Waals surface area contributed by atoms with E-state index in [2.05, 4.69) is 5.32 Å². The molecule has 0 aromatic heterocycles. The highest BCUT2D eigenvalue weighted by atomic mass is 16.2. The van der Waals surface area contributed by atoms with Gasteiger partial charge in [0, 0.05) is 0 Å². The minimum atomic E-state index is -0.557. The molecule has 0 saturated heterocycles. The molecule has 4 nitrogen and oxygen atoms in total. The van der Waals surface area contributed by atoms with E-state index < -0.39 is 6.04 Å². The first kappa shape index (κ1) is 8.10. The molecule has 0 heterocycles. The minimum absolute atomic E-state index is 0.0830. The van der Waals surface area contributed by atoms with Crippen LogP contribution in [0.15, 0.2) is 0 Å². The Bertz CT molecular complexity index is 112. The van der Waals surface area contributed by atoms with Gasteiger partial charge in [-0.1, -0.05) is 0 Å². The van der Waals surface area contributed by atoms with Gasteiger partial charge in [0.25, 0.3) is 0 Å². The Balaban J connectivity index is 3.38. The van der Waals surface area contributed by atoms with Crippen molar-refractivity contribution in [3.63, 3.8) is 0 Å². The zero-order valence-corrected chi connectivity index (χ0v) is 5.18. The Kier molecular flexibility index (Phi) is 3.62. The SMILES string of the molecule is C[C@H](N)C(=O)NC[C]=O. The van der Waals surface area contributed by atoms with E-state index in [9.17, 15) is 9.59 Å². The lowest BCUT2D eigenvalue weighted by Crippen LogP contribution is -2.38. The molecule has 3 N–H and O–H groups in total. The van der Waals surface area contributed by atoms with Crippen LogP contribution in [0, 0.1) is 0 Å². The fourth-order valence-electron chi connectivity index (χ4n) is 0.284. The van der Waals surface area contributed by atoms with E-state index in [0.29, 0.717) is 0 Å². The first-order chi connectivity index (χ1) is 4.18. The Morgan fingerprint density at radius 3 is 2.78 bits per heavy atom. The maximum Gasteiger partial charge on any atom is 0.237 e. The molecule has 0 saturated carbocycles. The van der Waals surface area contributed by atoms with Crippen LogP contribution in [-0.2, 0) is 9.59 Å². The van der Waals surface area contributed by atoms with Gasteiger partial charge in [-0.05, 0) is 6.92 Å². The summed E-state index contributed by atoms with van der Waals surface area (Å²) in [4.78, 5) is 20.0. The van der Waals surface area contributed by atoms with Crippen molar-refractivity contribution >= 4 is 12.2 Å². The van der Waals surface area contributed by atoms with Crippen LogP contribution in [0.25, 0.3) is 0 Å². The number of rotatable bonds is 3. The van der Waals surface area contributed by atoms with E-state index in [0.717, 1.165) is 0 Å². The molecular formula is C5H9N2O2. The van der Waals surface area contributed by atoms with E-state index in [1.54, 1.807) is 6.92 Å². The highest BCUT2D eigenvalue weighted by Gasteiger charge is 2.03. The topological polar surface area (TPSA) is 72.2 Å². The van der Waals surface area contributed by atoms with Gasteiger partial charge in [-0.3, -0.25) is 9.59 Å². The number of nitrogens with one attached hydrogen (secondary N) is 1. The molecule has 0 unspecified atom stereocenters. The maximum atomic E-state index is 10.5. The predicted molar refractivity (Wildman–Crippen MR) is 32.4 cm³/mol. The van der Waals surface area contributed by atoms with Gasteiger partial charge in [-0.2, -0.15) is 0 Å². The molecule has 0 rings (SSSR count). The van der Waals surface area contributed by atoms with Gasteiger partial charge in [0.15, 0.2) is 0 Å². The molecule has 0 aliphatic heterocycles.